The SMILES string of the molecule is CC/C=C\C/C=C\C/C=C\C/C=C\C/C=C\C/C=C\C/C=C\C/C=C\CCCCC(=O)OCC(COC(=O)CCCCCCCCCC)OC(=O)CCCC/C=C\C/C=C\C/C=C\C/C=C\CC. The third kappa shape index (κ3) is 52.3. The van der Waals surface area contributed by atoms with Crippen LogP contribution in [0.25, 0.3) is 0 Å². The van der Waals surface area contributed by atoms with Gasteiger partial charge >= 0.3 is 17.9 Å². The lowest BCUT2D eigenvalue weighted by atomic mass is 10.1. The van der Waals surface area contributed by atoms with Gasteiger partial charge in [-0.1, -0.05) is 212 Å². The fraction of sp³-hybridized carbons (Fsp3) is 0.565. The topological polar surface area (TPSA) is 78.9 Å². The van der Waals surface area contributed by atoms with Crippen LogP contribution in [-0.4, -0.2) is 37.2 Å². The van der Waals surface area contributed by atoms with E-state index in [0.29, 0.717) is 19.3 Å². The molecular formula is C62H96O6. The molecule has 0 saturated carbocycles. The second-order valence-electron chi connectivity index (χ2n) is 17.0. The highest BCUT2D eigenvalue weighted by molar-refractivity contribution is 5.71. The Morgan fingerprint density at radius 2 is 0.574 bits per heavy atom. The maximum Gasteiger partial charge on any atom is 0.306 e. The van der Waals surface area contributed by atoms with Crippen molar-refractivity contribution in [3.63, 3.8) is 0 Å². The zero-order valence-electron chi connectivity index (χ0n) is 43.3. The summed E-state index contributed by atoms with van der Waals surface area (Å²) in [6, 6.07) is 0. The lowest BCUT2D eigenvalue weighted by Gasteiger charge is -2.18. The Bertz CT molecular complexity index is 1540. The monoisotopic (exact) mass is 937 g/mol. The number of hydrogen-bond acceptors (Lipinski definition) is 6. The average molecular weight is 937 g/mol. The van der Waals surface area contributed by atoms with Gasteiger partial charge in [0.25, 0.3) is 0 Å². The van der Waals surface area contributed by atoms with Crippen LogP contribution < -0.4 is 0 Å². The summed E-state index contributed by atoms with van der Waals surface area (Å²) in [6.07, 6.45) is 78.5. The van der Waals surface area contributed by atoms with Gasteiger partial charge in [0.1, 0.15) is 13.2 Å². The van der Waals surface area contributed by atoms with Gasteiger partial charge in [-0.2, -0.15) is 0 Å². The highest BCUT2D eigenvalue weighted by Gasteiger charge is 2.19. The van der Waals surface area contributed by atoms with Gasteiger partial charge in [0, 0.05) is 19.3 Å². The van der Waals surface area contributed by atoms with Crippen LogP contribution in [0.15, 0.2) is 146 Å². The minimum atomic E-state index is -0.821. The van der Waals surface area contributed by atoms with E-state index in [4.69, 9.17) is 14.2 Å². The molecule has 0 aliphatic rings. The van der Waals surface area contributed by atoms with Gasteiger partial charge in [0.2, 0.25) is 0 Å². The Morgan fingerprint density at radius 1 is 0.309 bits per heavy atom. The summed E-state index contributed by atoms with van der Waals surface area (Å²) < 4.78 is 16.7. The predicted octanol–water partition coefficient (Wildman–Crippen LogP) is 18.0. The molecule has 0 N–H and O–H groups in total. The first-order chi connectivity index (χ1) is 33.5. The Hall–Kier alpha value is -4.71. The zero-order valence-corrected chi connectivity index (χ0v) is 43.3. The van der Waals surface area contributed by atoms with Crippen molar-refractivity contribution in [2.45, 2.75) is 213 Å². The highest BCUT2D eigenvalue weighted by Crippen LogP contribution is 2.12. The van der Waals surface area contributed by atoms with Crippen molar-refractivity contribution in [3.8, 4) is 0 Å². The van der Waals surface area contributed by atoms with Gasteiger partial charge in [-0.05, 0) is 122 Å². The van der Waals surface area contributed by atoms with Crippen LogP contribution in [0.4, 0.5) is 0 Å². The number of carbonyl (C=O) groups excluding carboxylic acids is 3. The van der Waals surface area contributed by atoms with Gasteiger partial charge in [0.15, 0.2) is 6.10 Å². The first kappa shape index (κ1) is 63.3. The summed E-state index contributed by atoms with van der Waals surface area (Å²) in [6.45, 7) is 6.28. The summed E-state index contributed by atoms with van der Waals surface area (Å²) in [4.78, 5) is 37.9. The van der Waals surface area contributed by atoms with Gasteiger partial charge in [-0.25, -0.2) is 0 Å². The standard InChI is InChI=1S/C62H96O6/c1-4-7-10-13-16-19-21-23-25-26-27-28-29-30-31-32-33-34-35-36-38-39-41-43-46-49-52-55-61(64)67-58-59(57-66-60(63)54-51-48-45-18-15-12-9-6-3)68-62(65)56-53-50-47-44-42-40-37-24-22-20-17-14-11-8-5-2/h7-8,10-11,16-17,19-20,23-25,27-28,30-31,33-34,36-38,41-44,59H,4-6,9,12-15,18,21-22,26,29,32,35,39-40,45-58H2,1-3H3/b10-7-,11-8-,19-16-,20-17-,25-23-,28-27-,31-30-,34-33-,37-24-,38-36-,43-41-,44-42-. The van der Waals surface area contributed by atoms with Gasteiger partial charge in [-0.3, -0.25) is 14.4 Å². The Morgan fingerprint density at radius 3 is 0.897 bits per heavy atom. The van der Waals surface area contributed by atoms with Crippen molar-refractivity contribution >= 4 is 17.9 Å². The van der Waals surface area contributed by atoms with Crippen LogP contribution in [-0.2, 0) is 28.6 Å². The van der Waals surface area contributed by atoms with Gasteiger partial charge < -0.3 is 14.2 Å². The predicted molar refractivity (Wildman–Crippen MR) is 292 cm³/mol. The van der Waals surface area contributed by atoms with Crippen molar-refractivity contribution in [2.75, 3.05) is 13.2 Å². The average Bonchev–Trinajstić information content (AvgIpc) is 3.34. The summed E-state index contributed by atoms with van der Waals surface area (Å²) in [7, 11) is 0. The quantitative estimate of drug-likeness (QED) is 0.0262. The first-order valence-electron chi connectivity index (χ1n) is 26.8. The van der Waals surface area contributed by atoms with E-state index in [0.717, 1.165) is 122 Å². The largest absolute Gasteiger partial charge is 0.462 e. The fourth-order valence-corrected chi connectivity index (χ4v) is 6.62. The Labute approximate surface area is 417 Å². The second-order valence-corrected chi connectivity index (χ2v) is 17.0. The van der Waals surface area contributed by atoms with Crippen LogP contribution in [0.3, 0.4) is 0 Å². The van der Waals surface area contributed by atoms with E-state index in [-0.39, 0.29) is 44.0 Å². The molecule has 68 heavy (non-hydrogen) atoms. The smallest absolute Gasteiger partial charge is 0.306 e. The summed E-state index contributed by atoms with van der Waals surface area (Å²) in [5.41, 5.74) is 0. The summed E-state index contributed by atoms with van der Waals surface area (Å²) in [5, 5.41) is 0. The van der Waals surface area contributed by atoms with E-state index in [1.54, 1.807) is 0 Å². The Balaban J connectivity index is 4.41. The molecule has 0 amide bonds. The molecular weight excluding hydrogens is 841 g/mol. The summed E-state index contributed by atoms with van der Waals surface area (Å²) in [5.74, 6) is -1.02. The molecule has 6 nitrogen and oxygen atoms in total. The number of unbranched alkanes of at least 4 members (excludes halogenated alkanes) is 11. The zero-order chi connectivity index (χ0) is 49.3. The molecule has 0 aliphatic heterocycles. The normalized spacial score (nSPS) is 13.3. The molecule has 1 unspecified atom stereocenters. The first-order valence-corrected chi connectivity index (χ1v) is 26.8. The van der Waals surface area contributed by atoms with E-state index in [2.05, 4.69) is 167 Å². The van der Waals surface area contributed by atoms with E-state index in [1.807, 2.05) is 0 Å². The van der Waals surface area contributed by atoms with Crippen molar-refractivity contribution in [1.82, 2.24) is 0 Å². The number of allylic oxidation sites excluding steroid dienone is 24. The minimum Gasteiger partial charge on any atom is -0.462 e. The number of hydrogen-bond donors (Lipinski definition) is 0. The summed E-state index contributed by atoms with van der Waals surface area (Å²) >= 11 is 0. The minimum absolute atomic E-state index is 0.114. The molecule has 0 fully saturated rings. The molecule has 380 valence electrons. The van der Waals surface area contributed by atoms with E-state index in [9.17, 15) is 14.4 Å². The van der Waals surface area contributed by atoms with Crippen molar-refractivity contribution in [2.24, 2.45) is 0 Å². The second kappa shape index (κ2) is 54.9. The fourth-order valence-electron chi connectivity index (χ4n) is 6.62. The molecule has 0 aromatic rings. The van der Waals surface area contributed by atoms with E-state index in [1.165, 1.54) is 32.1 Å². The lowest BCUT2D eigenvalue weighted by Crippen LogP contribution is -2.30. The molecule has 6 heteroatoms. The molecule has 0 radical (unpaired) electrons. The molecule has 0 saturated heterocycles. The van der Waals surface area contributed by atoms with Crippen molar-refractivity contribution < 1.29 is 28.6 Å². The van der Waals surface area contributed by atoms with Crippen LogP contribution >= 0.6 is 0 Å². The van der Waals surface area contributed by atoms with Crippen molar-refractivity contribution in [1.29, 1.82) is 0 Å². The molecule has 1 atom stereocenters. The lowest BCUT2D eigenvalue weighted by molar-refractivity contribution is -0.167. The third-order valence-corrected chi connectivity index (χ3v) is 10.6. The number of carbonyl (C=O) groups is 3. The molecule has 0 rings (SSSR count). The van der Waals surface area contributed by atoms with Crippen LogP contribution in [0.5, 0.6) is 0 Å². The Kier molecular flexibility index (Phi) is 51.1. The molecule has 0 aromatic carbocycles. The molecule has 0 spiro atoms. The van der Waals surface area contributed by atoms with Gasteiger partial charge in [0.05, 0.1) is 0 Å². The molecule has 0 aliphatic carbocycles. The number of esters is 3. The van der Waals surface area contributed by atoms with Crippen LogP contribution in [0, 0.1) is 0 Å². The van der Waals surface area contributed by atoms with Gasteiger partial charge in [-0.15, -0.1) is 0 Å². The van der Waals surface area contributed by atoms with Crippen LogP contribution in [0.1, 0.15) is 207 Å². The maximum absolute atomic E-state index is 12.8. The van der Waals surface area contributed by atoms with Crippen molar-refractivity contribution in [3.05, 3.63) is 146 Å². The van der Waals surface area contributed by atoms with E-state index < -0.39 is 6.10 Å². The molecule has 0 heterocycles. The third-order valence-electron chi connectivity index (χ3n) is 10.6. The number of rotatable bonds is 46. The molecule has 0 bridgehead atoms. The van der Waals surface area contributed by atoms with Crippen LogP contribution in [0.2, 0.25) is 0 Å². The van der Waals surface area contributed by atoms with E-state index >= 15 is 0 Å². The maximum atomic E-state index is 12.8. The number of ether oxygens (including phenoxy) is 3. The molecule has 0 aromatic heterocycles. The highest BCUT2D eigenvalue weighted by atomic mass is 16.6.